The number of nitrogen functional groups attached to an aromatic ring is 1. The normalized spacial score (nSPS) is 26.2. The summed E-state index contributed by atoms with van der Waals surface area (Å²) in [6.07, 6.45) is 6.21. The predicted molar refractivity (Wildman–Crippen MR) is 75.5 cm³/mol. The second-order valence-electron chi connectivity index (χ2n) is 5.68. The molecular weight excluding hydrogens is 240 g/mol. The van der Waals surface area contributed by atoms with Gasteiger partial charge in [0.1, 0.15) is 0 Å². The van der Waals surface area contributed by atoms with Crippen LogP contribution in [-0.4, -0.2) is 23.7 Å². The second-order valence-corrected chi connectivity index (χ2v) is 5.68. The molecule has 0 bridgehead atoms. The number of benzene rings is 1. The lowest BCUT2D eigenvalue weighted by atomic mass is 9.85. The SMILES string of the molecule is Nc1ccc(C(=O)O)c(N2CCC3CCCCC32)c1. The van der Waals surface area contributed by atoms with Gasteiger partial charge in [-0.05, 0) is 43.4 Å². The maximum atomic E-state index is 11.4. The van der Waals surface area contributed by atoms with Crippen molar-refractivity contribution in [2.75, 3.05) is 17.2 Å². The van der Waals surface area contributed by atoms with Crippen LogP contribution in [0.2, 0.25) is 0 Å². The van der Waals surface area contributed by atoms with Crippen LogP contribution in [0, 0.1) is 5.92 Å². The molecule has 2 aliphatic rings. The third-order valence-corrected chi connectivity index (χ3v) is 4.57. The topological polar surface area (TPSA) is 66.6 Å². The van der Waals surface area contributed by atoms with E-state index >= 15 is 0 Å². The number of carbonyl (C=O) groups is 1. The van der Waals surface area contributed by atoms with E-state index in [0.717, 1.165) is 18.2 Å². The summed E-state index contributed by atoms with van der Waals surface area (Å²) in [5.74, 6) is -0.133. The zero-order valence-electron chi connectivity index (χ0n) is 11.0. The Kier molecular flexibility index (Phi) is 3.09. The fourth-order valence-corrected chi connectivity index (χ4v) is 3.67. The molecule has 19 heavy (non-hydrogen) atoms. The minimum atomic E-state index is -0.866. The van der Waals surface area contributed by atoms with Gasteiger partial charge < -0.3 is 15.7 Å². The molecule has 4 heteroatoms. The van der Waals surface area contributed by atoms with Crippen LogP contribution in [0.4, 0.5) is 11.4 Å². The summed E-state index contributed by atoms with van der Waals surface area (Å²) in [6, 6.07) is 5.62. The summed E-state index contributed by atoms with van der Waals surface area (Å²) in [5.41, 5.74) is 7.66. The van der Waals surface area contributed by atoms with Gasteiger partial charge in [0.2, 0.25) is 0 Å². The molecule has 0 radical (unpaired) electrons. The average Bonchev–Trinajstić information content (AvgIpc) is 2.82. The first kappa shape index (κ1) is 12.3. The van der Waals surface area contributed by atoms with Crippen molar-refractivity contribution in [1.29, 1.82) is 0 Å². The largest absolute Gasteiger partial charge is 0.478 e. The van der Waals surface area contributed by atoms with Crippen LogP contribution in [0.25, 0.3) is 0 Å². The number of rotatable bonds is 2. The Bertz CT molecular complexity index is 501. The standard InChI is InChI=1S/C15H20N2O2/c16-11-5-6-12(15(18)19)14(9-11)17-8-7-10-3-1-2-4-13(10)17/h5-6,9-10,13H,1-4,7-8,16H2,(H,18,19). The molecule has 1 aromatic carbocycles. The Morgan fingerprint density at radius 1 is 1.26 bits per heavy atom. The van der Waals surface area contributed by atoms with Crippen molar-refractivity contribution >= 4 is 17.3 Å². The van der Waals surface area contributed by atoms with Crippen LogP contribution in [0.15, 0.2) is 18.2 Å². The Morgan fingerprint density at radius 3 is 2.84 bits per heavy atom. The molecule has 4 nitrogen and oxygen atoms in total. The highest BCUT2D eigenvalue weighted by molar-refractivity contribution is 5.95. The van der Waals surface area contributed by atoms with Crippen molar-refractivity contribution in [3.8, 4) is 0 Å². The zero-order valence-corrected chi connectivity index (χ0v) is 11.0. The maximum absolute atomic E-state index is 11.4. The van der Waals surface area contributed by atoms with Crippen LogP contribution < -0.4 is 10.6 Å². The molecule has 1 saturated heterocycles. The van der Waals surface area contributed by atoms with Crippen molar-refractivity contribution in [3.63, 3.8) is 0 Å². The summed E-state index contributed by atoms with van der Waals surface area (Å²) in [6.45, 7) is 0.957. The fraction of sp³-hybridized carbons (Fsp3) is 0.533. The van der Waals surface area contributed by atoms with E-state index in [1.165, 1.54) is 32.1 Å². The van der Waals surface area contributed by atoms with Gasteiger partial charge in [-0.15, -0.1) is 0 Å². The number of hydrogen-bond acceptors (Lipinski definition) is 3. The Balaban J connectivity index is 1.97. The minimum Gasteiger partial charge on any atom is -0.478 e. The molecule has 1 aromatic rings. The highest BCUT2D eigenvalue weighted by Gasteiger charge is 2.37. The molecule has 1 aliphatic heterocycles. The highest BCUT2D eigenvalue weighted by Crippen LogP contribution is 2.40. The molecule has 1 aliphatic carbocycles. The van der Waals surface area contributed by atoms with Gasteiger partial charge in [-0.2, -0.15) is 0 Å². The van der Waals surface area contributed by atoms with Crippen LogP contribution in [0.1, 0.15) is 42.5 Å². The molecular formula is C15H20N2O2. The van der Waals surface area contributed by atoms with E-state index in [9.17, 15) is 9.90 Å². The third-order valence-electron chi connectivity index (χ3n) is 4.57. The van der Waals surface area contributed by atoms with E-state index in [4.69, 9.17) is 5.73 Å². The Morgan fingerprint density at radius 2 is 2.05 bits per heavy atom. The summed E-state index contributed by atoms with van der Waals surface area (Å²) < 4.78 is 0. The third kappa shape index (κ3) is 2.15. The first-order valence-electron chi connectivity index (χ1n) is 7.06. The lowest BCUT2D eigenvalue weighted by Gasteiger charge is -2.34. The number of carboxylic acids is 1. The van der Waals surface area contributed by atoms with E-state index in [2.05, 4.69) is 4.90 Å². The van der Waals surface area contributed by atoms with Gasteiger partial charge in [-0.3, -0.25) is 0 Å². The predicted octanol–water partition coefficient (Wildman–Crippen LogP) is 2.74. The lowest BCUT2D eigenvalue weighted by molar-refractivity contribution is 0.0697. The van der Waals surface area contributed by atoms with Crippen molar-refractivity contribution < 1.29 is 9.90 Å². The van der Waals surface area contributed by atoms with E-state index < -0.39 is 5.97 Å². The van der Waals surface area contributed by atoms with Gasteiger partial charge in [0.15, 0.2) is 0 Å². The van der Waals surface area contributed by atoms with Gasteiger partial charge in [0.25, 0.3) is 0 Å². The molecule has 1 heterocycles. The summed E-state index contributed by atoms with van der Waals surface area (Å²) in [5, 5.41) is 9.35. The van der Waals surface area contributed by atoms with Gasteiger partial charge >= 0.3 is 5.97 Å². The first-order valence-corrected chi connectivity index (χ1v) is 7.06. The molecule has 2 fully saturated rings. The molecule has 0 spiro atoms. The maximum Gasteiger partial charge on any atom is 0.337 e. The van der Waals surface area contributed by atoms with Crippen molar-refractivity contribution in [2.24, 2.45) is 5.92 Å². The van der Waals surface area contributed by atoms with E-state index in [0.29, 0.717) is 17.3 Å². The number of nitrogens with two attached hydrogens (primary N) is 1. The summed E-state index contributed by atoms with van der Waals surface area (Å²) in [7, 11) is 0. The summed E-state index contributed by atoms with van der Waals surface area (Å²) in [4.78, 5) is 13.7. The van der Waals surface area contributed by atoms with Gasteiger partial charge in [0, 0.05) is 18.3 Å². The Labute approximate surface area is 113 Å². The zero-order chi connectivity index (χ0) is 13.4. The quantitative estimate of drug-likeness (QED) is 0.802. The van der Waals surface area contributed by atoms with E-state index in [-0.39, 0.29) is 0 Å². The van der Waals surface area contributed by atoms with Gasteiger partial charge in [-0.1, -0.05) is 12.8 Å². The van der Waals surface area contributed by atoms with Gasteiger partial charge in [-0.25, -0.2) is 4.79 Å². The number of carboxylic acid groups (broad SMARTS) is 1. The van der Waals surface area contributed by atoms with Crippen LogP contribution in [0.5, 0.6) is 0 Å². The fourth-order valence-electron chi connectivity index (χ4n) is 3.67. The molecule has 3 N–H and O–H groups in total. The highest BCUT2D eigenvalue weighted by atomic mass is 16.4. The smallest absolute Gasteiger partial charge is 0.337 e. The molecule has 2 atom stereocenters. The number of aromatic carboxylic acids is 1. The molecule has 0 aromatic heterocycles. The van der Waals surface area contributed by atoms with E-state index in [1.807, 2.05) is 6.07 Å². The molecule has 102 valence electrons. The molecule has 2 unspecified atom stereocenters. The first-order chi connectivity index (χ1) is 9.16. The summed E-state index contributed by atoms with van der Waals surface area (Å²) >= 11 is 0. The average molecular weight is 260 g/mol. The van der Waals surface area contributed by atoms with E-state index in [1.54, 1.807) is 12.1 Å². The lowest BCUT2D eigenvalue weighted by Crippen LogP contribution is -2.35. The molecule has 3 rings (SSSR count). The molecule has 0 amide bonds. The van der Waals surface area contributed by atoms with Crippen molar-refractivity contribution in [1.82, 2.24) is 0 Å². The van der Waals surface area contributed by atoms with Crippen molar-refractivity contribution in [3.05, 3.63) is 23.8 Å². The van der Waals surface area contributed by atoms with Gasteiger partial charge in [0.05, 0.1) is 11.3 Å². The number of anilines is 2. The number of nitrogens with zero attached hydrogens (tertiary/aromatic N) is 1. The monoisotopic (exact) mass is 260 g/mol. The number of hydrogen-bond donors (Lipinski definition) is 2. The van der Waals surface area contributed by atoms with Crippen molar-refractivity contribution in [2.45, 2.75) is 38.1 Å². The van der Waals surface area contributed by atoms with Crippen LogP contribution >= 0.6 is 0 Å². The minimum absolute atomic E-state index is 0.375. The number of fused-ring (bicyclic) bond motifs is 1. The second kappa shape index (κ2) is 4.76. The Hall–Kier alpha value is -1.71. The van der Waals surface area contributed by atoms with Crippen LogP contribution in [0.3, 0.4) is 0 Å². The van der Waals surface area contributed by atoms with Crippen LogP contribution in [-0.2, 0) is 0 Å². The molecule has 1 saturated carbocycles.